The molecule has 0 atom stereocenters. The summed E-state index contributed by atoms with van der Waals surface area (Å²) in [5.74, 6) is -1.15. The lowest BCUT2D eigenvalue weighted by Crippen LogP contribution is -2.50. The standard InChI is InChI=1S/C7H10N4O4S/c1-16(14,15)10-2-5(3-10)11-4-6(7(12)13)8-9-11/h4-5H,2-3H2,1H3,(H,12,13). The van der Waals surface area contributed by atoms with Gasteiger partial charge in [-0.3, -0.25) is 0 Å². The van der Waals surface area contributed by atoms with Gasteiger partial charge in [0.05, 0.1) is 18.5 Å². The quantitative estimate of drug-likeness (QED) is 0.717. The van der Waals surface area contributed by atoms with Crippen LogP contribution in [0, 0.1) is 0 Å². The second-order valence-corrected chi connectivity index (χ2v) is 5.61. The minimum atomic E-state index is -3.16. The lowest BCUT2D eigenvalue weighted by atomic mass is 10.2. The van der Waals surface area contributed by atoms with E-state index in [-0.39, 0.29) is 11.7 Å². The van der Waals surface area contributed by atoms with Crippen molar-refractivity contribution in [3.63, 3.8) is 0 Å². The van der Waals surface area contributed by atoms with Gasteiger partial charge >= 0.3 is 5.97 Å². The van der Waals surface area contributed by atoms with Gasteiger partial charge in [-0.25, -0.2) is 17.9 Å². The average molecular weight is 246 g/mol. The van der Waals surface area contributed by atoms with Gasteiger partial charge in [-0.2, -0.15) is 4.31 Å². The predicted molar refractivity (Wildman–Crippen MR) is 52.4 cm³/mol. The van der Waals surface area contributed by atoms with Crippen LogP contribution in [0.2, 0.25) is 0 Å². The van der Waals surface area contributed by atoms with Crippen LogP contribution in [0.1, 0.15) is 16.5 Å². The van der Waals surface area contributed by atoms with Gasteiger partial charge in [0.15, 0.2) is 5.69 Å². The first kappa shape index (κ1) is 11.0. The first-order valence-electron chi connectivity index (χ1n) is 4.48. The number of aromatic carboxylic acids is 1. The molecule has 88 valence electrons. The first-order chi connectivity index (χ1) is 7.38. The second kappa shape index (κ2) is 3.52. The van der Waals surface area contributed by atoms with Crippen LogP contribution in [-0.4, -0.2) is 58.1 Å². The number of carboxylic acid groups (broad SMARTS) is 1. The van der Waals surface area contributed by atoms with E-state index in [4.69, 9.17) is 5.11 Å². The zero-order valence-corrected chi connectivity index (χ0v) is 9.25. The highest BCUT2D eigenvalue weighted by atomic mass is 32.2. The van der Waals surface area contributed by atoms with Crippen LogP contribution >= 0.6 is 0 Å². The molecule has 1 N–H and O–H groups in total. The molecule has 0 saturated carbocycles. The topological polar surface area (TPSA) is 105 Å². The molecule has 1 fully saturated rings. The van der Waals surface area contributed by atoms with E-state index < -0.39 is 16.0 Å². The molecule has 2 rings (SSSR count). The highest BCUT2D eigenvalue weighted by Gasteiger charge is 2.35. The molecule has 0 unspecified atom stereocenters. The SMILES string of the molecule is CS(=O)(=O)N1CC(n2cc(C(=O)O)nn2)C1. The maximum atomic E-state index is 11.1. The molecular weight excluding hydrogens is 236 g/mol. The zero-order chi connectivity index (χ0) is 11.9. The van der Waals surface area contributed by atoms with Crippen LogP contribution in [0.3, 0.4) is 0 Å². The fraction of sp³-hybridized carbons (Fsp3) is 0.571. The average Bonchev–Trinajstić information content (AvgIpc) is 2.46. The Labute approximate surface area is 91.5 Å². The molecule has 0 bridgehead atoms. The van der Waals surface area contributed by atoms with Crippen molar-refractivity contribution in [1.29, 1.82) is 0 Å². The van der Waals surface area contributed by atoms with Crippen molar-refractivity contribution in [3.8, 4) is 0 Å². The summed E-state index contributed by atoms with van der Waals surface area (Å²) in [5.41, 5.74) is -0.141. The van der Waals surface area contributed by atoms with Gasteiger partial charge in [0.2, 0.25) is 10.0 Å². The van der Waals surface area contributed by atoms with Crippen molar-refractivity contribution >= 4 is 16.0 Å². The third-order valence-electron chi connectivity index (χ3n) is 2.40. The summed E-state index contributed by atoms with van der Waals surface area (Å²) in [7, 11) is -3.16. The Morgan fingerprint density at radius 1 is 1.56 bits per heavy atom. The van der Waals surface area contributed by atoms with Crippen LogP contribution < -0.4 is 0 Å². The Morgan fingerprint density at radius 2 is 2.19 bits per heavy atom. The number of carboxylic acids is 1. The van der Waals surface area contributed by atoms with E-state index in [2.05, 4.69) is 10.3 Å². The number of aromatic nitrogens is 3. The van der Waals surface area contributed by atoms with Crippen LogP contribution in [-0.2, 0) is 10.0 Å². The molecule has 0 aliphatic carbocycles. The lowest BCUT2D eigenvalue weighted by molar-refractivity contribution is 0.0690. The molecule has 2 heterocycles. The molecule has 1 aliphatic heterocycles. The molecule has 0 radical (unpaired) electrons. The highest BCUT2D eigenvalue weighted by molar-refractivity contribution is 7.88. The largest absolute Gasteiger partial charge is 0.476 e. The van der Waals surface area contributed by atoms with E-state index in [1.807, 2.05) is 0 Å². The van der Waals surface area contributed by atoms with Gasteiger partial charge in [0, 0.05) is 13.1 Å². The minimum Gasteiger partial charge on any atom is -0.476 e. The third-order valence-corrected chi connectivity index (χ3v) is 3.64. The normalized spacial score (nSPS) is 18.3. The van der Waals surface area contributed by atoms with E-state index >= 15 is 0 Å². The fourth-order valence-corrected chi connectivity index (χ4v) is 2.29. The molecule has 1 aromatic heterocycles. The van der Waals surface area contributed by atoms with Gasteiger partial charge in [-0.05, 0) is 0 Å². The van der Waals surface area contributed by atoms with Crippen molar-refractivity contribution in [3.05, 3.63) is 11.9 Å². The number of sulfonamides is 1. The van der Waals surface area contributed by atoms with Crippen molar-refractivity contribution in [2.24, 2.45) is 0 Å². The molecule has 1 saturated heterocycles. The van der Waals surface area contributed by atoms with Gasteiger partial charge in [0.1, 0.15) is 0 Å². The Kier molecular flexibility index (Phi) is 2.43. The van der Waals surface area contributed by atoms with Crippen LogP contribution in [0.25, 0.3) is 0 Å². The van der Waals surface area contributed by atoms with Gasteiger partial charge in [-0.15, -0.1) is 5.10 Å². The van der Waals surface area contributed by atoms with E-state index in [0.717, 1.165) is 6.26 Å². The number of rotatable bonds is 3. The maximum absolute atomic E-state index is 11.1. The van der Waals surface area contributed by atoms with E-state index in [1.54, 1.807) is 0 Å². The van der Waals surface area contributed by atoms with Crippen molar-refractivity contribution in [1.82, 2.24) is 19.3 Å². The summed E-state index contributed by atoms with van der Waals surface area (Å²) in [4.78, 5) is 10.5. The second-order valence-electron chi connectivity index (χ2n) is 3.62. The van der Waals surface area contributed by atoms with Crippen LogP contribution in [0.4, 0.5) is 0 Å². The van der Waals surface area contributed by atoms with Crippen molar-refractivity contribution in [2.45, 2.75) is 6.04 Å². The summed E-state index contributed by atoms with van der Waals surface area (Å²) >= 11 is 0. The minimum absolute atomic E-state index is 0.129. The molecule has 0 spiro atoms. The Bertz CT molecular complexity index is 516. The van der Waals surface area contributed by atoms with Crippen LogP contribution in [0.5, 0.6) is 0 Å². The summed E-state index contributed by atoms with van der Waals surface area (Å²) in [6.45, 7) is 0.614. The number of nitrogens with zero attached hydrogens (tertiary/aromatic N) is 4. The summed E-state index contributed by atoms with van der Waals surface area (Å²) < 4.78 is 24.9. The predicted octanol–water partition coefficient (Wildman–Crippen LogP) is -1.21. The van der Waals surface area contributed by atoms with Gasteiger partial charge in [0.25, 0.3) is 0 Å². The first-order valence-corrected chi connectivity index (χ1v) is 6.33. The smallest absolute Gasteiger partial charge is 0.358 e. The molecule has 0 amide bonds. The van der Waals surface area contributed by atoms with Gasteiger partial charge in [-0.1, -0.05) is 5.21 Å². The number of hydrogen-bond donors (Lipinski definition) is 1. The van der Waals surface area contributed by atoms with Gasteiger partial charge < -0.3 is 5.11 Å². The number of hydrogen-bond acceptors (Lipinski definition) is 5. The Morgan fingerprint density at radius 3 is 2.62 bits per heavy atom. The molecular formula is C7H10N4O4S. The summed E-state index contributed by atoms with van der Waals surface area (Å²) in [6.07, 6.45) is 2.43. The maximum Gasteiger partial charge on any atom is 0.358 e. The molecule has 1 aliphatic rings. The fourth-order valence-electron chi connectivity index (χ4n) is 1.41. The monoisotopic (exact) mass is 246 g/mol. The Balaban J connectivity index is 2.04. The highest BCUT2D eigenvalue weighted by Crippen LogP contribution is 2.22. The molecule has 16 heavy (non-hydrogen) atoms. The number of carbonyl (C=O) groups is 1. The lowest BCUT2D eigenvalue weighted by Gasteiger charge is -2.36. The molecule has 9 heteroatoms. The van der Waals surface area contributed by atoms with Crippen LogP contribution in [0.15, 0.2) is 6.20 Å². The van der Waals surface area contributed by atoms with E-state index in [0.29, 0.717) is 13.1 Å². The summed E-state index contributed by atoms with van der Waals surface area (Å²) in [5, 5.41) is 15.7. The van der Waals surface area contributed by atoms with E-state index in [9.17, 15) is 13.2 Å². The summed E-state index contributed by atoms with van der Waals surface area (Å²) in [6, 6.07) is -0.129. The van der Waals surface area contributed by atoms with E-state index in [1.165, 1.54) is 15.2 Å². The Hall–Kier alpha value is -1.48. The third kappa shape index (κ3) is 1.91. The molecule has 0 aromatic carbocycles. The molecule has 8 nitrogen and oxygen atoms in total. The van der Waals surface area contributed by atoms with Crippen molar-refractivity contribution in [2.75, 3.05) is 19.3 Å². The molecule has 1 aromatic rings. The van der Waals surface area contributed by atoms with Crippen molar-refractivity contribution < 1.29 is 18.3 Å². The zero-order valence-electron chi connectivity index (χ0n) is 8.44.